The largest absolute Gasteiger partial charge is 0.462 e. The zero-order chi connectivity index (χ0) is 35.6. The van der Waals surface area contributed by atoms with Crippen LogP contribution in [0.15, 0.2) is 119 Å². The highest BCUT2D eigenvalue weighted by molar-refractivity contribution is 8.00. The fourth-order valence-corrected chi connectivity index (χ4v) is 6.98. The number of ether oxygens (including phenoxy) is 1. The zero-order valence-electron chi connectivity index (χ0n) is 26.9. The first-order valence-corrected chi connectivity index (χ1v) is 17.9. The highest BCUT2D eigenvalue weighted by Crippen LogP contribution is 2.37. The van der Waals surface area contributed by atoms with Crippen LogP contribution in [0, 0.1) is 0 Å². The second-order valence-corrected chi connectivity index (χ2v) is 13.8. The van der Waals surface area contributed by atoms with Gasteiger partial charge in [-0.05, 0) is 67.4 Å². The van der Waals surface area contributed by atoms with E-state index in [2.05, 4.69) is 16.0 Å². The van der Waals surface area contributed by atoms with E-state index in [-0.39, 0.29) is 23.2 Å². The molecule has 4 aromatic carbocycles. The van der Waals surface area contributed by atoms with Gasteiger partial charge in [-0.1, -0.05) is 89.9 Å². The van der Waals surface area contributed by atoms with Gasteiger partial charge in [-0.3, -0.25) is 14.4 Å². The first-order chi connectivity index (χ1) is 24.1. The Morgan fingerprint density at radius 1 is 0.880 bits per heavy atom. The van der Waals surface area contributed by atoms with Crippen molar-refractivity contribution in [1.82, 2.24) is 5.32 Å². The van der Waals surface area contributed by atoms with Crippen LogP contribution in [0.4, 0.5) is 10.7 Å². The van der Waals surface area contributed by atoms with Gasteiger partial charge >= 0.3 is 5.97 Å². The Bertz CT molecular complexity index is 2050. The van der Waals surface area contributed by atoms with Gasteiger partial charge in [0.25, 0.3) is 11.8 Å². The number of thioether (sulfide) groups is 1. The van der Waals surface area contributed by atoms with E-state index in [1.54, 1.807) is 80.6 Å². The molecule has 3 N–H and O–H groups in total. The van der Waals surface area contributed by atoms with Crippen molar-refractivity contribution in [2.45, 2.75) is 24.0 Å². The molecule has 5 rings (SSSR count). The number of hydrogen-bond acceptors (Lipinski definition) is 7. The Balaban J connectivity index is 1.31. The van der Waals surface area contributed by atoms with Crippen LogP contribution < -0.4 is 16.0 Å². The maximum atomic E-state index is 13.6. The fourth-order valence-electron chi connectivity index (χ4n) is 4.73. The third kappa shape index (κ3) is 9.22. The van der Waals surface area contributed by atoms with Crippen LogP contribution in [0.5, 0.6) is 0 Å². The molecular formula is C38H31Cl2N3O5S2. The predicted octanol–water partition coefficient (Wildman–Crippen LogP) is 9.43. The Labute approximate surface area is 307 Å². The zero-order valence-corrected chi connectivity index (χ0v) is 30.0. The summed E-state index contributed by atoms with van der Waals surface area (Å²) in [7, 11) is 0. The van der Waals surface area contributed by atoms with E-state index < -0.39 is 23.0 Å². The Morgan fingerprint density at radius 2 is 1.58 bits per heavy atom. The predicted molar refractivity (Wildman–Crippen MR) is 203 cm³/mol. The SMILES string of the molecule is CCOC(=O)c1c(-c2ccccc2)csc1NC(=O)C(C)Sc1cccc(NC(=O)/C(=C\c2cccc(Cl)c2Cl)NC(=O)c2ccccc2)c1. The van der Waals surface area contributed by atoms with Gasteiger partial charge in [0.15, 0.2) is 0 Å². The van der Waals surface area contributed by atoms with Crippen LogP contribution in [-0.2, 0) is 14.3 Å². The lowest BCUT2D eigenvalue weighted by Gasteiger charge is -2.15. The average molecular weight is 745 g/mol. The molecule has 3 amide bonds. The molecule has 1 heterocycles. The average Bonchev–Trinajstić information content (AvgIpc) is 3.54. The first-order valence-electron chi connectivity index (χ1n) is 15.4. The molecule has 1 aromatic heterocycles. The summed E-state index contributed by atoms with van der Waals surface area (Å²) in [6, 6.07) is 29.9. The van der Waals surface area contributed by atoms with E-state index in [0.717, 1.165) is 5.56 Å². The number of esters is 1. The molecule has 0 aliphatic heterocycles. The number of thiophene rings is 1. The molecule has 0 spiro atoms. The number of nitrogens with one attached hydrogen (secondary N) is 3. The molecule has 0 saturated heterocycles. The van der Waals surface area contributed by atoms with Gasteiger partial charge < -0.3 is 20.7 Å². The van der Waals surface area contributed by atoms with Crippen molar-refractivity contribution in [1.29, 1.82) is 0 Å². The van der Waals surface area contributed by atoms with E-state index in [1.807, 2.05) is 41.8 Å². The second kappa shape index (κ2) is 17.2. The molecule has 0 fully saturated rings. The summed E-state index contributed by atoms with van der Waals surface area (Å²) < 4.78 is 5.31. The van der Waals surface area contributed by atoms with Crippen molar-refractivity contribution in [2.75, 3.05) is 17.2 Å². The lowest BCUT2D eigenvalue weighted by Crippen LogP contribution is -2.30. The topological polar surface area (TPSA) is 114 Å². The highest BCUT2D eigenvalue weighted by Gasteiger charge is 2.25. The minimum atomic E-state index is -0.600. The maximum absolute atomic E-state index is 13.6. The number of amides is 3. The number of rotatable bonds is 12. The monoisotopic (exact) mass is 743 g/mol. The normalized spacial score (nSPS) is 11.7. The van der Waals surface area contributed by atoms with Crippen molar-refractivity contribution in [3.05, 3.63) is 141 Å². The van der Waals surface area contributed by atoms with Gasteiger partial charge in [0.05, 0.1) is 21.9 Å². The van der Waals surface area contributed by atoms with Gasteiger partial charge in [0.1, 0.15) is 16.3 Å². The van der Waals surface area contributed by atoms with Crippen molar-refractivity contribution in [3.63, 3.8) is 0 Å². The molecule has 0 aliphatic rings. The highest BCUT2D eigenvalue weighted by atomic mass is 35.5. The quantitative estimate of drug-likeness (QED) is 0.0667. The minimum absolute atomic E-state index is 0.0583. The molecule has 254 valence electrons. The van der Waals surface area contributed by atoms with Gasteiger partial charge in [0, 0.05) is 27.1 Å². The van der Waals surface area contributed by atoms with E-state index in [4.69, 9.17) is 27.9 Å². The van der Waals surface area contributed by atoms with E-state index in [1.165, 1.54) is 29.2 Å². The third-order valence-electron chi connectivity index (χ3n) is 7.18. The molecular weight excluding hydrogens is 713 g/mol. The summed E-state index contributed by atoms with van der Waals surface area (Å²) in [5.41, 5.74) is 3.00. The number of carbonyl (C=O) groups excluding carboxylic acids is 4. The Kier molecular flexibility index (Phi) is 12.5. The molecule has 1 unspecified atom stereocenters. The molecule has 1 atom stereocenters. The molecule has 0 radical (unpaired) electrons. The molecule has 50 heavy (non-hydrogen) atoms. The lowest BCUT2D eigenvalue weighted by molar-refractivity contribution is -0.115. The van der Waals surface area contributed by atoms with Gasteiger partial charge in [-0.2, -0.15) is 0 Å². The molecule has 0 aliphatic carbocycles. The second-order valence-electron chi connectivity index (χ2n) is 10.7. The summed E-state index contributed by atoms with van der Waals surface area (Å²) in [5.74, 6) is -1.92. The number of hydrogen-bond donors (Lipinski definition) is 3. The van der Waals surface area contributed by atoms with Gasteiger partial charge in [-0.25, -0.2) is 4.79 Å². The van der Waals surface area contributed by atoms with Crippen molar-refractivity contribution < 1.29 is 23.9 Å². The number of halogens is 2. The van der Waals surface area contributed by atoms with Crippen LogP contribution >= 0.6 is 46.3 Å². The van der Waals surface area contributed by atoms with Crippen LogP contribution in [0.25, 0.3) is 17.2 Å². The standard InChI is InChI=1S/C38H31Cl2N3O5S2/c1-3-48-38(47)32-29(24-12-6-4-7-13-24)22-49-37(32)43-34(44)23(2)50-28-18-11-17-27(21-28)41-36(46)31(20-26-16-10-19-30(39)33(26)40)42-35(45)25-14-8-5-9-15-25/h4-23H,3H2,1-2H3,(H,41,46)(H,42,45)(H,43,44)/b31-20+. The number of anilines is 2. The Hall–Kier alpha value is -4.87. The van der Waals surface area contributed by atoms with E-state index >= 15 is 0 Å². The maximum Gasteiger partial charge on any atom is 0.341 e. The number of carbonyl (C=O) groups is 4. The van der Waals surface area contributed by atoms with Crippen LogP contribution in [0.3, 0.4) is 0 Å². The summed E-state index contributed by atoms with van der Waals surface area (Å²) >= 11 is 15.1. The molecule has 0 saturated carbocycles. The van der Waals surface area contributed by atoms with Crippen LogP contribution in [0.2, 0.25) is 10.0 Å². The summed E-state index contributed by atoms with van der Waals surface area (Å²) in [5, 5.41) is 10.6. The lowest BCUT2D eigenvalue weighted by atomic mass is 10.0. The summed E-state index contributed by atoms with van der Waals surface area (Å²) in [6.07, 6.45) is 1.45. The van der Waals surface area contributed by atoms with Crippen molar-refractivity contribution in [2.24, 2.45) is 0 Å². The van der Waals surface area contributed by atoms with Crippen LogP contribution in [-0.4, -0.2) is 35.5 Å². The van der Waals surface area contributed by atoms with E-state index in [0.29, 0.717) is 42.9 Å². The first kappa shape index (κ1) is 36.4. The smallest absolute Gasteiger partial charge is 0.341 e. The molecule has 8 nitrogen and oxygen atoms in total. The molecule has 12 heteroatoms. The van der Waals surface area contributed by atoms with Gasteiger partial charge in [0.2, 0.25) is 5.91 Å². The van der Waals surface area contributed by atoms with Crippen molar-refractivity contribution in [3.8, 4) is 11.1 Å². The fraction of sp³-hybridized carbons (Fsp3) is 0.105. The van der Waals surface area contributed by atoms with Crippen molar-refractivity contribution >= 4 is 86.8 Å². The number of benzene rings is 4. The van der Waals surface area contributed by atoms with E-state index in [9.17, 15) is 19.2 Å². The molecule has 5 aromatic rings. The summed E-state index contributed by atoms with van der Waals surface area (Å²) in [4.78, 5) is 53.6. The Morgan fingerprint density at radius 3 is 2.30 bits per heavy atom. The van der Waals surface area contributed by atoms with Gasteiger partial charge in [-0.15, -0.1) is 23.1 Å². The third-order valence-corrected chi connectivity index (χ3v) is 10.00. The minimum Gasteiger partial charge on any atom is -0.462 e. The molecule has 0 bridgehead atoms. The van der Waals surface area contributed by atoms with Crippen LogP contribution in [0.1, 0.15) is 40.1 Å². The summed E-state index contributed by atoms with van der Waals surface area (Å²) in [6.45, 7) is 3.67.